The maximum absolute atomic E-state index is 10.3. The highest BCUT2D eigenvalue weighted by Crippen LogP contribution is 2.12. The van der Waals surface area contributed by atoms with Crippen LogP contribution >= 0.6 is 12.4 Å². The Morgan fingerprint density at radius 3 is 1.39 bits per heavy atom. The van der Waals surface area contributed by atoms with Gasteiger partial charge in [-0.3, -0.25) is 4.79 Å². The van der Waals surface area contributed by atoms with Crippen LogP contribution in [-0.2, 0) is 4.79 Å². The number of halogens is 1. The molecule has 3 heteroatoms. The van der Waals surface area contributed by atoms with Crippen molar-refractivity contribution in [1.82, 2.24) is 0 Å². The number of carboxylic acids is 1. The number of unbranched alkanes of at least 4 members (excludes halogenated alkanes) is 11. The molecular formula is C15H31ClO2. The van der Waals surface area contributed by atoms with Crippen LogP contribution in [0, 0.1) is 0 Å². The SMILES string of the molecule is CCCCCCCCCCCCCCC(=O)O.Cl. The van der Waals surface area contributed by atoms with Crippen LogP contribution in [-0.4, -0.2) is 11.1 Å². The van der Waals surface area contributed by atoms with Gasteiger partial charge in [-0.05, 0) is 6.42 Å². The summed E-state index contributed by atoms with van der Waals surface area (Å²) in [5.41, 5.74) is 0. The second-order valence-electron chi connectivity index (χ2n) is 5.03. The minimum absolute atomic E-state index is 0. The van der Waals surface area contributed by atoms with Gasteiger partial charge in [0.05, 0.1) is 0 Å². The standard InChI is InChI=1S/C15H30O2.ClH/c1-2-3-4-5-6-7-8-9-10-11-12-13-14-15(16)17;/h2-14H2,1H3,(H,16,17);1H. The Bertz CT molecular complexity index is 172. The normalized spacial score (nSPS) is 10.1. The van der Waals surface area contributed by atoms with E-state index >= 15 is 0 Å². The van der Waals surface area contributed by atoms with Gasteiger partial charge in [0.25, 0.3) is 0 Å². The summed E-state index contributed by atoms with van der Waals surface area (Å²) in [4.78, 5) is 10.3. The lowest BCUT2D eigenvalue weighted by Crippen LogP contribution is -1.93. The Balaban J connectivity index is 0. The van der Waals surface area contributed by atoms with E-state index in [1.165, 1.54) is 64.2 Å². The van der Waals surface area contributed by atoms with Gasteiger partial charge in [-0.1, -0.05) is 77.6 Å². The van der Waals surface area contributed by atoms with Gasteiger partial charge in [-0.2, -0.15) is 0 Å². The maximum atomic E-state index is 10.3. The van der Waals surface area contributed by atoms with Crippen molar-refractivity contribution < 1.29 is 9.90 Å². The van der Waals surface area contributed by atoms with E-state index in [1.807, 2.05) is 0 Å². The highest BCUT2D eigenvalue weighted by atomic mass is 35.5. The Labute approximate surface area is 119 Å². The Hall–Kier alpha value is -0.240. The van der Waals surface area contributed by atoms with Crippen LogP contribution < -0.4 is 0 Å². The van der Waals surface area contributed by atoms with Gasteiger partial charge < -0.3 is 5.11 Å². The number of rotatable bonds is 13. The first-order valence-corrected chi connectivity index (χ1v) is 7.49. The van der Waals surface area contributed by atoms with Gasteiger partial charge in [0, 0.05) is 6.42 Å². The monoisotopic (exact) mass is 278 g/mol. The Morgan fingerprint density at radius 1 is 0.722 bits per heavy atom. The van der Waals surface area contributed by atoms with Crippen LogP contribution in [0.2, 0.25) is 0 Å². The summed E-state index contributed by atoms with van der Waals surface area (Å²) in [6.07, 6.45) is 15.8. The number of hydrogen-bond acceptors (Lipinski definition) is 1. The summed E-state index contributed by atoms with van der Waals surface area (Å²) in [6, 6.07) is 0. The van der Waals surface area contributed by atoms with E-state index in [1.54, 1.807) is 0 Å². The molecule has 0 aliphatic carbocycles. The molecule has 18 heavy (non-hydrogen) atoms. The summed E-state index contributed by atoms with van der Waals surface area (Å²) < 4.78 is 0. The third kappa shape index (κ3) is 18.1. The van der Waals surface area contributed by atoms with E-state index < -0.39 is 5.97 Å². The lowest BCUT2D eigenvalue weighted by molar-refractivity contribution is -0.137. The molecule has 0 aliphatic rings. The van der Waals surface area contributed by atoms with Gasteiger partial charge >= 0.3 is 5.97 Å². The predicted molar refractivity (Wildman–Crippen MR) is 80.6 cm³/mol. The minimum Gasteiger partial charge on any atom is -0.481 e. The number of carboxylic acid groups (broad SMARTS) is 1. The van der Waals surface area contributed by atoms with Gasteiger partial charge in [0.15, 0.2) is 0 Å². The molecule has 0 saturated heterocycles. The molecule has 0 aromatic rings. The summed E-state index contributed by atoms with van der Waals surface area (Å²) in [5, 5.41) is 8.47. The van der Waals surface area contributed by atoms with Crippen molar-refractivity contribution in [1.29, 1.82) is 0 Å². The predicted octanol–water partition coefficient (Wildman–Crippen LogP) is 5.58. The van der Waals surface area contributed by atoms with Crippen LogP contribution in [0.15, 0.2) is 0 Å². The molecule has 0 aromatic heterocycles. The van der Waals surface area contributed by atoms with E-state index in [9.17, 15) is 4.79 Å². The van der Waals surface area contributed by atoms with Crippen LogP contribution in [0.1, 0.15) is 90.4 Å². The van der Waals surface area contributed by atoms with E-state index in [-0.39, 0.29) is 12.4 Å². The summed E-state index contributed by atoms with van der Waals surface area (Å²) in [5.74, 6) is -0.655. The molecule has 0 bridgehead atoms. The molecule has 0 spiro atoms. The van der Waals surface area contributed by atoms with Gasteiger partial charge in [-0.15, -0.1) is 12.4 Å². The average molecular weight is 279 g/mol. The molecular weight excluding hydrogens is 248 g/mol. The number of hydrogen-bond donors (Lipinski definition) is 1. The average Bonchev–Trinajstić information content (AvgIpc) is 2.30. The third-order valence-corrected chi connectivity index (χ3v) is 3.24. The van der Waals surface area contributed by atoms with Crippen molar-refractivity contribution in [2.75, 3.05) is 0 Å². The fourth-order valence-electron chi connectivity index (χ4n) is 2.12. The summed E-state index contributed by atoms with van der Waals surface area (Å²) in [6.45, 7) is 2.25. The molecule has 0 atom stereocenters. The molecule has 1 N–H and O–H groups in total. The van der Waals surface area contributed by atoms with Crippen molar-refractivity contribution in [2.24, 2.45) is 0 Å². The summed E-state index contributed by atoms with van der Waals surface area (Å²) in [7, 11) is 0. The Morgan fingerprint density at radius 2 is 1.06 bits per heavy atom. The second kappa shape index (κ2) is 16.8. The molecule has 0 aromatic carbocycles. The fraction of sp³-hybridized carbons (Fsp3) is 0.933. The molecule has 110 valence electrons. The minimum atomic E-state index is -0.655. The van der Waals surface area contributed by atoms with E-state index in [0.29, 0.717) is 6.42 Å². The zero-order chi connectivity index (χ0) is 12.8. The molecule has 0 heterocycles. The van der Waals surface area contributed by atoms with Gasteiger partial charge in [0.2, 0.25) is 0 Å². The molecule has 0 saturated carbocycles. The second-order valence-corrected chi connectivity index (χ2v) is 5.03. The third-order valence-electron chi connectivity index (χ3n) is 3.24. The fourth-order valence-corrected chi connectivity index (χ4v) is 2.12. The van der Waals surface area contributed by atoms with Crippen LogP contribution in [0.25, 0.3) is 0 Å². The lowest BCUT2D eigenvalue weighted by Gasteiger charge is -2.02. The van der Waals surface area contributed by atoms with Gasteiger partial charge in [-0.25, -0.2) is 0 Å². The largest absolute Gasteiger partial charge is 0.481 e. The van der Waals surface area contributed by atoms with Gasteiger partial charge in [0.1, 0.15) is 0 Å². The topological polar surface area (TPSA) is 37.3 Å². The van der Waals surface area contributed by atoms with E-state index in [4.69, 9.17) is 5.11 Å². The molecule has 0 aliphatic heterocycles. The first-order chi connectivity index (χ1) is 8.27. The Kier molecular flexibility index (Phi) is 18.7. The highest BCUT2D eigenvalue weighted by molar-refractivity contribution is 5.85. The molecule has 0 rings (SSSR count). The van der Waals surface area contributed by atoms with Crippen molar-refractivity contribution in [3.63, 3.8) is 0 Å². The molecule has 0 fully saturated rings. The lowest BCUT2D eigenvalue weighted by atomic mass is 10.0. The molecule has 2 nitrogen and oxygen atoms in total. The smallest absolute Gasteiger partial charge is 0.303 e. The quantitative estimate of drug-likeness (QED) is 0.446. The first-order valence-electron chi connectivity index (χ1n) is 7.49. The van der Waals surface area contributed by atoms with Crippen LogP contribution in [0.4, 0.5) is 0 Å². The van der Waals surface area contributed by atoms with Crippen LogP contribution in [0.5, 0.6) is 0 Å². The number of aliphatic carboxylic acids is 1. The van der Waals surface area contributed by atoms with Crippen molar-refractivity contribution >= 4 is 18.4 Å². The molecule has 0 unspecified atom stereocenters. The zero-order valence-corrected chi connectivity index (χ0v) is 12.8. The highest BCUT2D eigenvalue weighted by Gasteiger charge is 1.96. The maximum Gasteiger partial charge on any atom is 0.303 e. The first kappa shape index (κ1) is 20.1. The van der Waals surface area contributed by atoms with Crippen molar-refractivity contribution in [3.8, 4) is 0 Å². The summed E-state index contributed by atoms with van der Waals surface area (Å²) >= 11 is 0. The molecule has 0 radical (unpaired) electrons. The molecule has 0 amide bonds. The zero-order valence-electron chi connectivity index (χ0n) is 12.0. The van der Waals surface area contributed by atoms with E-state index in [0.717, 1.165) is 12.8 Å². The van der Waals surface area contributed by atoms with Crippen LogP contribution in [0.3, 0.4) is 0 Å². The van der Waals surface area contributed by atoms with Crippen molar-refractivity contribution in [3.05, 3.63) is 0 Å². The van der Waals surface area contributed by atoms with Crippen molar-refractivity contribution in [2.45, 2.75) is 90.4 Å². The van der Waals surface area contributed by atoms with E-state index in [2.05, 4.69) is 6.92 Å². The number of carbonyl (C=O) groups is 1.